The van der Waals surface area contributed by atoms with Crippen molar-refractivity contribution >= 4 is 21.4 Å². The molecule has 2 aromatic carbocycles. The Balaban J connectivity index is 1.82. The molecule has 1 amide bonds. The maximum atomic E-state index is 12.8. The number of benzene rings is 2. The van der Waals surface area contributed by atoms with Crippen LogP contribution >= 0.6 is 0 Å². The summed E-state index contributed by atoms with van der Waals surface area (Å²) in [4.78, 5) is 11.6. The van der Waals surface area contributed by atoms with Gasteiger partial charge in [0.2, 0.25) is 0 Å². The molecule has 3 rings (SSSR count). The molecule has 1 heterocycles. The number of carbonyl (C=O) groups is 1. The van der Waals surface area contributed by atoms with E-state index in [2.05, 4.69) is 26.1 Å². The lowest BCUT2D eigenvalue weighted by atomic mass is 9.88. The lowest BCUT2D eigenvalue weighted by molar-refractivity contribution is -0.0436. The summed E-state index contributed by atoms with van der Waals surface area (Å²) in [5, 5.41) is 2.38. The molecule has 3 aromatic rings. The third kappa shape index (κ3) is 4.68. The molecule has 1 aromatic heterocycles. The number of hydrogen-bond donors (Lipinski definition) is 1. The van der Waals surface area contributed by atoms with Crippen molar-refractivity contribution in [2.75, 3.05) is 5.32 Å². The van der Waals surface area contributed by atoms with Crippen LogP contribution in [0.15, 0.2) is 45.7 Å². The molecule has 0 saturated heterocycles. The van der Waals surface area contributed by atoms with Crippen molar-refractivity contribution < 1.29 is 30.8 Å². The Morgan fingerprint density at radius 1 is 0.909 bits per heavy atom. The van der Waals surface area contributed by atoms with Crippen LogP contribution < -0.4 is 5.32 Å². The van der Waals surface area contributed by atoms with Crippen LogP contribution in [0.2, 0.25) is 0 Å². The van der Waals surface area contributed by atoms with Crippen molar-refractivity contribution in [3.05, 3.63) is 81.3 Å². The van der Waals surface area contributed by atoms with E-state index in [1.807, 2.05) is 13.8 Å². The molecule has 9 heteroatoms. The van der Waals surface area contributed by atoms with Crippen LogP contribution in [0.4, 0.5) is 18.9 Å². The lowest BCUT2D eigenvalue weighted by Gasteiger charge is -2.18. The highest BCUT2D eigenvalue weighted by molar-refractivity contribution is 7.92. The van der Waals surface area contributed by atoms with Gasteiger partial charge in [-0.3, -0.25) is 4.79 Å². The summed E-state index contributed by atoms with van der Waals surface area (Å²) in [7, 11) is -5.52. The molecule has 0 fully saturated rings. The SMILES string of the molecule is Cc1c(C)c(C)c(Cc2ccc(C(=O)Nc3cccc(S(=O)(=O)C(F)(F)F)c3)o2)c(C)c1C. The van der Waals surface area contributed by atoms with E-state index in [0.29, 0.717) is 12.2 Å². The van der Waals surface area contributed by atoms with Crippen molar-refractivity contribution in [2.45, 2.75) is 51.4 Å². The van der Waals surface area contributed by atoms with Crippen LogP contribution in [-0.2, 0) is 16.3 Å². The summed E-state index contributed by atoms with van der Waals surface area (Å²) in [5.74, 6) is -0.181. The fourth-order valence-corrected chi connectivity index (χ4v) is 4.49. The topological polar surface area (TPSA) is 76.4 Å². The van der Waals surface area contributed by atoms with Crippen LogP contribution in [0, 0.1) is 34.6 Å². The Labute approximate surface area is 190 Å². The summed E-state index contributed by atoms with van der Waals surface area (Å²) in [6, 6.07) is 7.13. The number of furan rings is 1. The Kier molecular flexibility index (Phi) is 6.48. The van der Waals surface area contributed by atoms with E-state index in [0.717, 1.165) is 34.9 Å². The Morgan fingerprint density at radius 3 is 2.06 bits per heavy atom. The Hall–Kier alpha value is -3.07. The maximum absolute atomic E-state index is 12.8. The van der Waals surface area contributed by atoms with Crippen molar-refractivity contribution in [3.8, 4) is 0 Å². The molecule has 0 atom stereocenters. The number of rotatable bonds is 5. The van der Waals surface area contributed by atoms with Crippen LogP contribution in [-0.4, -0.2) is 19.8 Å². The number of amides is 1. The zero-order chi connectivity index (χ0) is 24.7. The summed E-state index contributed by atoms with van der Waals surface area (Å²) in [6.07, 6.45) is 0.478. The highest BCUT2D eigenvalue weighted by Crippen LogP contribution is 2.32. The van der Waals surface area contributed by atoms with Crippen molar-refractivity contribution in [2.24, 2.45) is 0 Å². The largest absolute Gasteiger partial charge is 0.501 e. The first kappa shape index (κ1) is 24.6. The van der Waals surface area contributed by atoms with Gasteiger partial charge in [0.1, 0.15) is 5.76 Å². The first-order valence-electron chi connectivity index (χ1n) is 10.1. The van der Waals surface area contributed by atoms with Gasteiger partial charge in [0.15, 0.2) is 5.76 Å². The smallest absolute Gasteiger partial charge is 0.456 e. The number of halogens is 3. The van der Waals surface area contributed by atoms with Crippen molar-refractivity contribution in [1.82, 2.24) is 0 Å². The molecular weight excluding hydrogens is 455 g/mol. The molecule has 33 heavy (non-hydrogen) atoms. The zero-order valence-corrected chi connectivity index (χ0v) is 19.7. The highest BCUT2D eigenvalue weighted by atomic mass is 32.2. The molecule has 176 valence electrons. The standard InChI is InChI=1S/C24H24F3NO4S/c1-13-14(2)16(4)21(17(5)15(13)3)12-19-9-10-22(32-19)23(29)28-18-7-6-8-20(11-18)33(30,31)24(25,26)27/h6-11H,12H2,1-5H3,(H,28,29). The zero-order valence-electron chi connectivity index (χ0n) is 18.8. The van der Waals surface area contributed by atoms with Gasteiger partial charge >= 0.3 is 5.51 Å². The van der Waals surface area contributed by atoms with Crippen LogP contribution in [0.3, 0.4) is 0 Å². The molecule has 5 nitrogen and oxygen atoms in total. The second-order valence-corrected chi connectivity index (χ2v) is 9.92. The van der Waals surface area contributed by atoms with Crippen molar-refractivity contribution in [3.63, 3.8) is 0 Å². The fraction of sp³-hybridized carbons (Fsp3) is 0.292. The normalized spacial score (nSPS) is 12.1. The van der Waals surface area contributed by atoms with E-state index in [-0.39, 0.29) is 11.4 Å². The second-order valence-electron chi connectivity index (χ2n) is 7.98. The molecule has 0 aliphatic heterocycles. The molecule has 0 spiro atoms. The third-order valence-electron chi connectivity index (χ3n) is 6.10. The number of alkyl halides is 3. The van der Waals surface area contributed by atoms with Gasteiger partial charge in [-0.05, 0) is 98.3 Å². The summed E-state index contributed by atoms with van der Waals surface area (Å²) >= 11 is 0. The predicted octanol–water partition coefficient (Wildman–Crippen LogP) is 5.96. The first-order valence-corrected chi connectivity index (χ1v) is 11.6. The highest BCUT2D eigenvalue weighted by Gasteiger charge is 2.46. The molecule has 1 N–H and O–H groups in total. The monoisotopic (exact) mass is 479 g/mol. The van der Waals surface area contributed by atoms with E-state index in [4.69, 9.17) is 4.42 Å². The number of hydrogen-bond acceptors (Lipinski definition) is 4. The van der Waals surface area contributed by atoms with Gasteiger partial charge in [-0.25, -0.2) is 8.42 Å². The molecule has 0 bridgehead atoms. The van der Waals surface area contributed by atoms with Crippen LogP contribution in [0.1, 0.15) is 49.7 Å². The quantitative estimate of drug-likeness (QED) is 0.490. The van der Waals surface area contributed by atoms with Crippen LogP contribution in [0.5, 0.6) is 0 Å². The van der Waals surface area contributed by atoms with Gasteiger partial charge in [0, 0.05) is 12.1 Å². The minimum Gasteiger partial charge on any atom is -0.456 e. The summed E-state index contributed by atoms with van der Waals surface area (Å²) < 4.78 is 67.3. The molecule has 0 radical (unpaired) electrons. The fourth-order valence-electron chi connectivity index (χ4n) is 3.68. The second kappa shape index (κ2) is 8.70. The van der Waals surface area contributed by atoms with E-state index >= 15 is 0 Å². The third-order valence-corrected chi connectivity index (χ3v) is 7.58. The number of carbonyl (C=O) groups excluding carboxylic acids is 1. The molecule has 0 aliphatic rings. The van der Waals surface area contributed by atoms with Gasteiger partial charge in [-0.1, -0.05) is 6.07 Å². The van der Waals surface area contributed by atoms with Gasteiger partial charge in [-0.2, -0.15) is 13.2 Å². The number of anilines is 1. The van der Waals surface area contributed by atoms with E-state index in [1.165, 1.54) is 28.8 Å². The van der Waals surface area contributed by atoms with Gasteiger partial charge in [0.25, 0.3) is 15.7 Å². The minimum atomic E-state index is -5.52. The number of nitrogens with one attached hydrogen (secondary N) is 1. The van der Waals surface area contributed by atoms with Gasteiger partial charge < -0.3 is 9.73 Å². The molecular formula is C24H24F3NO4S. The number of sulfone groups is 1. The first-order chi connectivity index (χ1) is 15.2. The molecule has 0 aliphatic carbocycles. The van der Waals surface area contributed by atoms with E-state index in [1.54, 1.807) is 6.07 Å². The average molecular weight is 480 g/mol. The van der Waals surface area contributed by atoms with Crippen LogP contribution in [0.25, 0.3) is 0 Å². The maximum Gasteiger partial charge on any atom is 0.501 e. The van der Waals surface area contributed by atoms with E-state index in [9.17, 15) is 26.4 Å². The molecule has 0 saturated carbocycles. The molecule has 0 unspecified atom stereocenters. The Morgan fingerprint density at radius 2 is 1.48 bits per heavy atom. The van der Waals surface area contributed by atoms with Gasteiger partial charge in [-0.15, -0.1) is 0 Å². The van der Waals surface area contributed by atoms with Crippen molar-refractivity contribution in [1.29, 1.82) is 0 Å². The average Bonchev–Trinajstić information content (AvgIpc) is 3.22. The van der Waals surface area contributed by atoms with Gasteiger partial charge in [0.05, 0.1) is 4.90 Å². The lowest BCUT2D eigenvalue weighted by Crippen LogP contribution is -2.23. The summed E-state index contributed by atoms with van der Waals surface area (Å²) in [5.41, 5.74) is 1.53. The Bertz CT molecular complexity index is 1310. The predicted molar refractivity (Wildman–Crippen MR) is 119 cm³/mol. The summed E-state index contributed by atoms with van der Waals surface area (Å²) in [6.45, 7) is 10.3. The van der Waals surface area contributed by atoms with E-state index < -0.39 is 26.1 Å². The minimum absolute atomic E-state index is 0.0371.